The first-order valence-electron chi connectivity index (χ1n) is 8.57. The fourth-order valence-electron chi connectivity index (χ4n) is 3.00. The Morgan fingerprint density at radius 3 is 2.59 bits per heavy atom. The number of amides is 1. The van der Waals surface area contributed by atoms with Crippen LogP contribution in [0.5, 0.6) is 0 Å². The summed E-state index contributed by atoms with van der Waals surface area (Å²) in [6.07, 6.45) is 5.11. The third kappa shape index (κ3) is 5.38. The number of pyridine rings is 1. The average molecular weight is 417 g/mol. The monoisotopic (exact) mass is 416 g/mol. The van der Waals surface area contributed by atoms with E-state index in [1.54, 1.807) is 22.0 Å². The van der Waals surface area contributed by atoms with Crippen molar-refractivity contribution in [1.82, 2.24) is 24.9 Å². The first kappa shape index (κ1) is 23.3. The fraction of sp³-hybridized carbons (Fsp3) is 0.529. The molecule has 0 aromatic carbocycles. The number of aliphatic hydroxyl groups is 1. The molecular weight excluding hydrogens is 391 g/mol. The molecule has 2 aromatic heterocycles. The Balaban J connectivity index is 0.00000182. The standard InChI is InChI=1S/C17H24N6O2.2ClH/c1-13-3-4-15(19-11-13)17(25)5-9-22(10-6-17)16(24)14-12-23(21-20-14)8-2-7-18;;/h3-4,11-12,25H,2,5-10,18H2,1H3;2*1H. The predicted octanol–water partition coefficient (Wildman–Crippen LogP) is 1.30. The molecule has 10 heteroatoms. The second-order valence-corrected chi connectivity index (χ2v) is 6.55. The predicted molar refractivity (Wildman–Crippen MR) is 106 cm³/mol. The van der Waals surface area contributed by atoms with Crippen molar-refractivity contribution in [2.75, 3.05) is 19.6 Å². The van der Waals surface area contributed by atoms with Crippen molar-refractivity contribution in [2.24, 2.45) is 5.73 Å². The highest BCUT2D eigenvalue weighted by atomic mass is 35.5. The van der Waals surface area contributed by atoms with Gasteiger partial charge in [-0.05, 0) is 44.4 Å². The van der Waals surface area contributed by atoms with Gasteiger partial charge in [0, 0.05) is 25.8 Å². The maximum Gasteiger partial charge on any atom is 0.276 e. The molecule has 0 saturated carbocycles. The molecule has 0 aliphatic carbocycles. The molecule has 0 atom stereocenters. The largest absolute Gasteiger partial charge is 0.383 e. The normalized spacial score (nSPS) is 15.6. The van der Waals surface area contributed by atoms with Crippen LogP contribution >= 0.6 is 24.8 Å². The van der Waals surface area contributed by atoms with Crippen LogP contribution in [-0.4, -0.2) is 55.5 Å². The first-order valence-corrected chi connectivity index (χ1v) is 8.57. The maximum atomic E-state index is 12.6. The quantitative estimate of drug-likeness (QED) is 0.759. The van der Waals surface area contributed by atoms with E-state index in [9.17, 15) is 9.90 Å². The topological polar surface area (TPSA) is 110 Å². The summed E-state index contributed by atoms with van der Waals surface area (Å²) in [5.41, 5.74) is 6.54. The van der Waals surface area contributed by atoms with Crippen molar-refractivity contribution >= 4 is 30.7 Å². The Labute approximate surface area is 171 Å². The number of carbonyl (C=O) groups excluding carboxylic acids is 1. The van der Waals surface area contributed by atoms with E-state index in [1.165, 1.54) is 0 Å². The number of nitrogens with zero attached hydrogens (tertiary/aromatic N) is 5. The van der Waals surface area contributed by atoms with Gasteiger partial charge in [-0.3, -0.25) is 14.5 Å². The van der Waals surface area contributed by atoms with Crippen LogP contribution in [0.4, 0.5) is 0 Å². The summed E-state index contributed by atoms with van der Waals surface area (Å²) in [5.74, 6) is -0.155. The van der Waals surface area contributed by atoms with Gasteiger partial charge in [0.05, 0.1) is 11.9 Å². The van der Waals surface area contributed by atoms with E-state index in [2.05, 4.69) is 15.3 Å². The summed E-state index contributed by atoms with van der Waals surface area (Å²) in [7, 11) is 0. The van der Waals surface area contributed by atoms with Crippen molar-refractivity contribution in [3.8, 4) is 0 Å². The molecule has 150 valence electrons. The molecule has 1 aliphatic heterocycles. The Bertz CT molecular complexity index is 729. The number of halogens is 2. The average Bonchev–Trinajstić information content (AvgIpc) is 3.09. The van der Waals surface area contributed by atoms with E-state index < -0.39 is 5.60 Å². The van der Waals surface area contributed by atoms with Crippen LogP contribution in [0.25, 0.3) is 0 Å². The van der Waals surface area contributed by atoms with Crippen LogP contribution in [0.2, 0.25) is 0 Å². The lowest BCUT2D eigenvalue weighted by Crippen LogP contribution is -2.45. The van der Waals surface area contributed by atoms with E-state index in [4.69, 9.17) is 5.73 Å². The lowest BCUT2D eigenvalue weighted by atomic mass is 9.87. The van der Waals surface area contributed by atoms with Crippen LogP contribution < -0.4 is 5.73 Å². The minimum atomic E-state index is -0.983. The lowest BCUT2D eigenvalue weighted by Gasteiger charge is -2.37. The highest BCUT2D eigenvalue weighted by molar-refractivity contribution is 5.92. The Morgan fingerprint density at radius 1 is 1.30 bits per heavy atom. The van der Waals surface area contributed by atoms with E-state index in [-0.39, 0.29) is 30.7 Å². The number of hydrogen-bond acceptors (Lipinski definition) is 6. The number of likely N-dealkylation sites (tertiary alicyclic amines) is 1. The third-order valence-corrected chi connectivity index (χ3v) is 4.62. The Hall–Kier alpha value is -1.74. The van der Waals surface area contributed by atoms with Crippen molar-refractivity contribution < 1.29 is 9.90 Å². The van der Waals surface area contributed by atoms with Gasteiger partial charge in [0.25, 0.3) is 5.91 Å². The number of carbonyl (C=O) groups is 1. The van der Waals surface area contributed by atoms with Crippen molar-refractivity contribution in [2.45, 2.75) is 38.3 Å². The molecule has 0 bridgehead atoms. The van der Waals surface area contributed by atoms with Gasteiger partial charge in [-0.1, -0.05) is 11.3 Å². The molecule has 3 N–H and O–H groups in total. The molecule has 8 nitrogen and oxygen atoms in total. The summed E-state index contributed by atoms with van der Waals surface area (Å²) in [5, 5.41) is 18.8. The van der Waals surface area contributed by atoms with Gasteiger partial charge >= 0.3 is 0 Å². The molecule has 2 aromatic rings. The lowest BCUT2D eigenvalue weighted by molar-refractivity contribution is -0.0245. The van der Waals surface area contributed by atoms with Gasteiger partial charge in [0.2, 0.25) is 0 Å². The molecule has 0 unspecified atom stereocenters. The molecule has 1 saturated heterocycles. The van der Waals surface area contributed by atoms with Crippen molar-refractivity contribution in [1.29, 1.82) is 0 Å². The summed E-state index contributed by atoms with van der Waals surface area (Å²) >= 11 is 0. The number of aryl methyl sites for hydroxylation is 2. The van der Waals surface area contributed by atoms with E-state index >= 15 is 0 Å². The second kappa shape index (κ2) is 9.98. The summed E-state index contributed by atoms with van der Waals surface area (Å²) in [6, 6.07) is 3.80. The summed E-state index contributed by atoms with van der Waals surface area (Å²) in [4.78, 5) is 18.6. The van der Waals surface area contributed by atoms with E-state index in [0.29, 0.717) is 50.4 Å². The van der Waals surface area contributed by atoms with Gasteiger partial charge in [-0.15, -0.1) is 29.9 Å². The highest BCUT2D eigenvalue weighted by Gasteiger charge is 2.37. The molecule has 1 aliphatic rings. The molecular formula is C17H26Cl2N6O2. The van der Waals surface area contributed by atoms with Crippen molar-refractivity contribution in [3.63, 3.8) is 0 Å². The second-order valence-electron chi connectivity index (χ2n) is 6.55. The number of nitrogens with two attached hydrogens (primary N) is 1. The van der Waals surface area contributed by atoms with Crippen LogP contribution in [0.3, 0.4) is 0 Å². The minimum absolute atomic E-state index is 0. The molecule has 3 heterocycles. The Morgan fingerprint density at radius 2 is 2.00 bits per heavy atom. The van der Waals surface area contributed by atoms with Crippen LogP contribution in [-0.2, 0) is 12.1 Å². The van der Waals surface area contributed by atoms with Gasteiger partial charge in [0.15, 0.2) is 5.69 Å². The summed E-state index contributed by atoms with van der Waals surface area (Å²) < 4.78 is 1.64. The van der Waals surface area contributed by atoms with Gasteiger partial charge in [-0.25, -0.2) is 0 Å². The molecule has 3 rings (SSSR count). The van der Waals surface area contributed by atoms with Crippen LogP contribution in [0.1, 0.15) is 41.0 Å². The van der Waals surface area contributed by atoms with Crippen LogP contribution in [0, 0.1) is 6.92 Å². The zero-order chi connectivity index (χ0) is 17.9. The maximum absolute atomic E-state index is 12.6. The molecule has 0 spiro atoms. The van der Waals surface area contributed by atoms with Gasteiger partial charge in [-0.2, -0.15) is 0 Å². The smallest absolute Gasteiger partial charge is 0.276 e. The SMILES string of the molecule is Cc1ccc(C2(O)CCN(C(=O)c3cn(CCCN)nn3)CC2)nc1.Cl.Cl. The highest BCUT2D eigenvalue weighted by Crippen LogP contribution is 2.31. The fourth-order valence-corrected chi connectivity index (χ4v) is 3.00. The Kier molecular flexibility index (Phi) is 8.61. The third-order valence-electron chi connectivity index (χ3n) is 4.62. The molecule has 1 amide bonds. The zero-order valence-corrected chi connectivity index (χ0v) is 16.9. The number of aromatic nitrogens is 4. The number of hydrogen-bond donors (Lipinski definition) is 2. The van der Waals surface area contributed by atoms with E-state index in [1.807, 2.05) is 19.1 Å². The van der Waals surface area contributed by atoms with Crippen LogP contribution in [0.15, 0.2) is 24.5 Å². The zero-order valence-electron chi connectivity index (χ0n) is 15.2. The van der Waals surface area contributed by atoms with Gasteiger partial charge in [0.1, 0.15) is 5.60 Å². The van der Waals surface area contributed by atoms with Gasteiger partial charge < -0.3 is 15.7 Å². The molecule has 27 heavy (non-hydrogen) atoms. The molecule has 0 radical (unpaired) electrons. The van der Waals surface area contributed by atoms with E-state index in [0.717, 1.165) is 12.0 Å². The molecule has 1 fully saturated rings. The summed E-state index contributed by atoms with van der Waals surface area (Å²) in [6.45, 7) is 4.10. The van der Waals surface area contributed by atoms with Crippen molar-refractivity contribution in [3.05, 3.63) is 41.5 Å². The minimum Gasteiger partial charge on any atom is -0.383 e. The number of piperidine rings is 1. The number of rotatable bonds is 5. The first-order chi connectivity index (χ1) is 12.0.